The van der Waals surface area contributed by atoms with Crippen LogP contribution in [0.2, 0.25) is 0 Å². The number of aromatic amines is 1. The minimum Gasteiger partial charge on any atom is -0.307 e. The van der Waals surface area contributed by atoms with E-state index in [2.05, 4.69) is 35.8 Å². The molecule has 1 atom stereocenters. The average Bonchev–Trinajstić information content (AvgIpc) is 2.80. The fourth-order valence-corrected chi connectivity index (χ4v) is 3.13. The lowest BCUT2D eigenvalue weighted by Gasteiger charge is -2.44. The van der Waals surface area contributed by atoms with E-state index in [0.29, 0.717) is 6.04 Å². The van der Waals surface area contributed by atoms with Gasteiger partial charge in [-0.1, -0.05) is 6.42 Å². The van der Waals surface area contributed by atoms with Crippen molar-refractivity contribution in [1.29, 1.82) is 0 Å². The van der Waals surface area contributed by atoms with Gasteiger partial charge in [0.2, 0.25) is 0 Å². The van der Waals surface area contributed by atoms with Crippen molar-refractivity contribution in [2.24, 2.45) is 0 Å². The van der Waals surface area contributed by atoms with Gasteiger partial charge in [0.25, 0.3) is 5.56 Å². The van der Waals surface area contributed by atoms with Gasteiger partial charge in [-0.15, -0.1) is 0 Å². The molecule has 1 aliphatic heterocycles. The Labute approximate surface area is 118 Å². The van der Waals surface area contributed by atoms with Crippen LogP contribution in [0.15, 0.2) is 23.1 Å². The molecule has 5 heteroatoms. The van der Waals surface area contributed by atoms with Crippen LogP contribution in [0, 0.1) is 0 Å². The first-order valence-electron chi connectivity index (χ1n) is 7.30. The summed E-state index contributed by atoms with van der Waals surface area (Å²) < 4.78 is 1.76. The maximum absolute atomic E-state index is 11.4. The van der Waals surface area contributed by atoms with Crippen LogP contribution in [-0.2, 0) is 0 Å². The van der Waals surface area contributed by atoms with E-state index in [-0.39, 0.29) is 11.1 Å². The van der Waals surface area contributed by atoms with E-state index in [9.17, 15) is 4.79 Å². The highest BCUT2D eigenvalue weighted by Crippen LogP contribution is 2.35. The van der Waals surface area contributed by atoms with Crippen molar-refractivity contribution in [3.05, 3.63) is 34.4 Å². The zero-order valence-electron chi connectivity index (χ0n) is 12.4. The summed E-state index contributed by atoms with van der Waals surface area (Å²) in [7, 11) is 0. The second-order valence-electron chi connectivity index (χ2n) is 6.58. The lowest BCUT2D eigenvalue weighted by molar-refractivity contribution is 0.0487. The third-order valence-electron chi connectivity index (χ3n) is 4.08. The van der Waals surface area contributed by atoms with Crippen molar-refractivity contribution in [2.45, 2.75) is 51.6 Å². The van der Waals surface area contributed by atoms with Crippen molar-refractivity contribution in [2.75, 3.05) is 6.54 Å². The number of piperidine rings is 1. The monoisotopic (exact) mass is 274 g/mol. The number of fused-ring (bicyclic) bond motifs is 1. The minimum atomic E-state index is -0.0831. The van der Waals surface area contributed by atoms with Crippen molar-refractivity contribution in [3.8, 4) is 0 Å². The highest BCUT2D eigenvalue weighted by molar-refractivity contribution is 5.39. The van der Waals surface area contributed by atoms with Gasteiger partial charge in [0, 0.05) is 23.9 Å². The van der Waals surface area contributed by atoms with Gasteiger partial charge in [0.1, 0.15) is 5.65 Å². The molecule has 0 bridgehead atoms. The third-order valence-corrected chi connectivity index (χ3v) is 4.08. The standard InChI is InChI=1S/C15H22N4O/c1-15(2,3)18-8-5-4-6-12(18)11-10-13-16-14(20)7-9-19(13)17-11/h7,9-10,12H,4-6,8H2,1-3H3,(H,16,20)/t12-/m0/s1. The van der Waals surface area contributed by atoms with Crippen molar-refractivity contribution in [1.82, 2.24) is 19.5 Å². The van der Waals surface area contributed by atoms with E-state index in [1.807, 2.05) is 6.07 Å². The molecule has 3 rings (SSSR count). The third kappa shape index (κ3) is 2.38. The Bertz CT molecular complexity index is 664. The van der Waals surface area contributed by atoms with Crippen LogP contribution in [-0.4, -0.2) is 31.6 Å². The molecular weight excluding hydrogens is 252 g/mol. The summed E-state index contributed by atoms with van der Waals surface area (Å²) in [5.41, 5.74) is 1.88. The Kier molecular flexibility index (Phi) is 3.17. The van der Waals surface area contributed by atoms with Gasteiger partial charge >= 0.3 is 0 Å². The van der Waals surface area contributed by atoms with E-state index in [1.165, 1.54) is 18.9 Å². The maximum atomic E-state index is 11.4. The van der Waals surface area contributed by atoms with Gasteiger partial charge in [0.05, 0.1) is 11.7 Å². The lowest BCUT2D eigenvalue weighted by atomic mass is 9.93. The summed E-state index contributed by atoms with van der Waals surface area (Å²) in [6, 6.07) is 3.86. The van der Waals surface area contributed by atoms with Gasteiger partial charge < -0.3 is 4.98 Å². The summed E-state index contributed by atoms with van der Waals surface area (Å²) in [4.78, 5) is 16.7. The topological polar surface area (TPSA) is 53.4 Å². The Balaban J connectivity index is 2.01. The molecule has 0 saturated carbocycles. The molecule has 2 aromatic heterocycles. The van der Waals surface area contributed by atoms with Crippen LogP contribution < -0.4 is 5.56 Å². The summed E-state index contributed by atoms with van der Waals surface area (Å²) in [6.45, 7) is 7.87. The van der Waals surface area contributed by atoms with Crippen LogP contribution in [0.1, 0.15) is 51.8 Å². The van der Waals surface area contributed by atoms with Gasteiger partial charge in [-0.2, -0.15) is 5.10 Å². The van der Waals surface area contributed by atoms with E-state index < -0.39 is 0 Å². The predicted molar refractivity (Wildman–Crippen MR) is 78.9 cm³/mol. The number of likely N-dealkylation sites (tertiary alicyclic amines) is 1. The lowest BCUT2D eigenvalue weighted by Crippen LogP contribution is -2.46. The maximum Gasteiger partial charge on any atom is 0.251 e. The molecule has 0 unspecified atom stereocenters. The van der Waals surface area contributed by atoms with Gasteiger partial charge in [0.15, 0.2) is 0 Å². The van der Waals surface area contributed by atoms with E-state index >= 15 is 0 Å². The molecule has 0 spiro atoms. The molecule has 1 N–H and O–H groups in total. The summed E-state index contributed by atoms with van der Waals surface area (Å²) in [5.74, 6) is 0. The molecule has 1 fully saturated rings. The van der Waals surface area contributed by atoms with Crippen LogP contribution >= 0.6 is 0 Å². The largest absolute Gasteiger partial charge is 0.307 e. The Morgan fingerprint density at radius 2 is 2.15 bits per heavy atom. The van der Waals surface area contributed by atoms with Crippen LogP contribution in [0.5, 0.6) is 0 Å². The highest BCUT2D eigenvalue weighted by atomic mass is 16.1. The van der Waals surface area contributed by atoms with Gasteiger partial charge in [-0.25, -0.2) is 4.52 Å². The molecule has 1 saturated heterocycles. The molecule has 0 radical (unpaired) electrons. The first kappa shape index (κ1) is 13.4. The summed E-state index contributed by atoms with van der Waals surface area (Å²) in [6.07, 6.45) is 5.34. The number of hydrogen-bond donors (Lipinski definition) is 1. The first-order chi connectivity index (χ1) is 9.45. The number of nitrogens with zero attached hydrogens (tertiary/aromatic N) is 3. The second kappa shape index (κ2) is 4.74. The number of aromatic nitrogens is 3. The van der Waals surface area contributed by atoms with Crippen LogP contribution in [0.25, 0.3) is 5.65 Å². The quantitative estimate of drug-likeness (QED) is 0.868. The van der Waals surface area contributed by atoms with Gasteiger partial charge in [-0.05, 0) is 40.2 Å². The average molecular weight is 274 g/mol. The molecule has 0 aromatic carbocycles. The Morgan fingerprint density at radius 3 is 2.90 bits per heavy atom. The SMILES string of the molecule is CC(C)(C)N1CCCC[C@H]1c1cc2[nH]c(=O)ccn2n1. The number of hydrogen-bond acceptors (Lipinski definition) is 3. The molecule has 108 valence electrons. The minimum absolute atomic E-state index is 0.0831. The molecule has 2 aromatic rings. The molecular formula is C15H22N4O. The van der Waals surface area contributed by atoms with Gasteiger partial charge in [-0.3, -0.25) is 9.69 Å². The van der Waals surface area contributed by atoms with E-state index in [1.54, 1.807) is 10.7 Å². The molecule has 0 amide bonds. The van der Waals surface area contributed by atoms with E-state index in [4.69, 9.17) is 0 Å². The molecule has 5 nitrogen and oxygen atoms in total. The fraction of sp³-hybridized carbons (Fsp3) is 0.600. The van der Waals surface area contributed by atoms with Crippen molar-refractivity contribution >= 4 is 5.65 Å². The predicted octanol–water partition coefficient (Wildman–Crippen LogP) is 2.35. The summed E-state index contributed by atoms with van der Waals surface area (Å²) in [5, 5.41) is 4.65. The Morgan fingerprint density at radius 1 is 1.35 bits per heavy atom. The molecule has 3 heterocycles. The van der Waals surface area contributed by atoms with Crippen molar-refractivity contribution in [3.63, 3.8) is 0 Å². The van der Waals surface area contributed by atoms with Crippen molar-refractivity contribution < 1.29 is 0 Å². The molecule has 1 aliphatic rings. The fourth-order valence-electron chi connectivity index (χ4n) is 3.13. The molecule has 20 heavy (non-hydrogen) atoms. The smallest absolute Gasteiger partial charge is 0.251 e. The van der Waals surface area contributed by atoms with E-state index in [0.717, 1.165) is 24.3 Å². The number of nitrogens with one attached hydrogen (secondary N) is 1. The zero-order chi connectivity index (χ0) is 14.3. The summed E-state index contributed by atoms with van der Waals surface area (Å²) >= 11 is 0. The number of H-pyrrole nitrogens is 1. The second-order valence-corrected chi connectivity index (χ2v) is 6.58. The highest BCUT2D eigenvalue weighted by Gasteiger charge is 2.33. The van der Waals surface area contributed by atoms with Crippen LogP contribution in [0.4, 0.5) is 0 Å². The zero-order valence-corrected chi connectivity index (χ0v) is 12.4. The number of rotatable bonds is 1. The molecule has 0 aliphatic carbocycles. The first-order valence-corrected chi connectivity index (χ1v) is 7.30. The Hall–Kier alpha value is -1.62. The van der Waals surface area contributed by atoms with Crippen LogP contribution in [0.3, 0.4) is 0 Å². The normalized spacial score (nSPS) is 21.4.